The molecule has 1 N–H and O–H groups in total. The molecule has 120 valence electrons. The van der Waals surface area contributed by atoms with Crippen LogP contribution in [0.4, 0.5) is 14.9 Å². The fourth-order valence-electron chi connectivity index (χ4n) is 2.63. The molecule has 1 aliphatic heterocycles. The van der Waals surface area contributed by atoms with Gasteiger partial charge in [0.2, 0.25) is 0 Å². The summed E-state index contributed by atoms with van der Waals surface area (Å²) in [6, 6.07) is 12.3. The highest BCUT2D eigenvalue weighted by molar-refractivity contribution is 7.99. The molecule has 2 aromatic carbocycles. The van der Waals surface area contributed by atoms with Gasteiger partial charge in [0.05, 0.1) is 0 Å². The van der Waals surface area contributed by atoms with Gasteiger partial charge >= 0.3 is 6.03 Å². The second-order valence-corrected chi connectivity index (χ2v) is 6.86. The second kappa shape index (κ2) is 6.62. The Hall–Kier alpha value is -2.01. The molecule has 0 bridgehead atoms. The number of nitrogens with one attached hydrogen (secondary N) is 1. The number of carbonyl (C=O) groups excluding carboxylic acids is 1. The molecule has 1 aliphatic rings. The summed E-state index contributed by atoms with van der Waals surface area (Å²) < 4.78 is 14.0. The van der Waals surface area contributed by atoms with Crippen LogP contribution in [0, 0.1) is 19.7 Å². The number of hydrogen-bond donors (Lipinski definition) is 1. The van der Waals surface area contributed by atoms with Crippen molar-refractivity contribution in [2.75, 3.05) is 17.6 Å². The SMILES string of the molecule is Cc1ccc(NC(=O)N2CCSC2c2ccccc2F)cc1C. The van der Waals surface area contributed by atoms with Crippen LogP contribution >= 0.6 is 11.8 Å². The van der Waals surface area contributed by atoms with E-state index in [-0.39, 0.29) is 17.2 Å². The molecule has 1 saturated heterocycles. The number of thioether (sulfide) groups is 1. The van der Waals surface area contributed by atoms with Crippen LogP contribution in [-0.4, -0.2) is 23.2 Å². The number of amides is 2. The molecule has 0 aliphatic carbocycles. The lowest BCUT2D eigenvalue weighted by Crippen LogP contribution is -2.34. The first-order chi connectivity index (χ1) is 11.1. The van der Waals surface area contributed by atoms with E-state index in [0.29, 0.717) is 12.1 Å². The Labute approximate surface area is 139 Å². The monoisotopic (exact) mass is 330 g/mol. The lowest BCUT2D eigenvalue weighted by Gasteiger charge is -2.24. The Kier molecular flexibility index (Phi) is 4.57. The smallest absolute Gasteiger partial charge is 0.308 e. The molecule has 1 fully saturated rings. The Balaban J connectivity index is 1.78. The van der Waals surface area contributed by atoms with Crippen LogP contribution in [0.2, 0.25) is 0 Å². The van der Waals surface area contributed by atoms with Crippen LogP contribution in [0.1, 0.15) is 22.1 Å². The number of hydrogen-bond acceptors (Lipinski definition) is 2. The van der Waals surface area contributed by atoms with E-state index in [1.54, 1.807) is 34.9 Å². The molecule has 5 heteroatoms. The third-order valence-electron chi connectivity index (χ3n) is 4.08. The molecule has 1 unspecified atom stereocenters. The van der Waals surface area contributed by atoms with Crippen molar-refractivity contribution >= 4 is 23.5 Å². The first-order valence-electron chi connectivity index (χ1n) is 7.57. The Morgan fingerprint density at radius 2 is 2.00 bits per heavy atom. The van der Waals surface area contributed by atoms with Crippen molar-refractivity contribution in [3.8, 4) is 0 Å². The summed E-state index contributed by atoms with van der Waals surface area (Å²) in [5.74, 6) is 0.537. The minimum absolute atomic E-state index is 0.188. The van der Waals surface area contributed by atoms with Gasteiger partial charge in [-0.05, 0) is 43.2 Å². The zero-order valence-electron chi connectivity index (χ0n) is 13.2. The van der Waals surface area contributed by atoms with Crippen molar-refractivity contribution < 1.29 is 9.18 Å². The molecule has 0 saturated carbocycles. The van der Waals surface area contributed by atoms with Crippen LogP contribution in [0.25, 0.3) is 0 Å². The quantitative estimate of drug-likeness (QED) is 0.864. The zero-order valence-corrected chi connectivity index (χ0v) is 14.0. The van der Waals surface area contributed by atoms with Crippen molar-refractivity contribution in [2.24, 2.45) is 0 Å². The third-order valence-corrected chi connectivity index (χ3v) is 5.32. The lowest BCUT2D eigenvalue weighted by molar-refractivity contribution is 0.213. The molecule has 1 heterocycles. The predicted molar refractivity (Wildman–Crippen MR) is 93.2 cm³/mol. The number of nitrogens with zero attached hydrogens (tertiary/aromatic N) is 1. The van der Waals surface area contributed by atoms with E-state index >= 15 is 0 Å². The third kappa shape index (κ3) is 3.34. The van der Waals surface area contributed by atoms with E-state index in [1.165, 1.54) is 11.6 Å². The average Bonchev–Trinajstić information content (AvgIpc) is 3.01. The minimum atomic E-state index is -0.275. The van der Waals surface area contributed by atoms with Crippen molar-refractivity contribution in [1.29, 1.82) is 0 Å². The summed E-state index contributed by atoms with van der Waals surface area (Å²) in [4.78, 5) is 14.3. The molecule has 3 nitrogen and oxygen atoms in total. The van der Waals surface area contributed by atoms with E-state index in [4.69, 9.17) is 0 Å². The van der Waals surface area contributed by atoms with Crippen molar-refractivity contribution in [3.05, 3.63) is 65.0 Å². The highest BCUT2D eigenvalue weighted by atomic mass is 32.2. The van der Waals surface area contributed by atoms with Crippen molar-refractivity contribution in [2.45, 2.75) is 19.2 Å². The predicted octanol–water partition coefficient (Wildman–Crippen LogP) is 4.72. The second-order valence-electron chi connectivity index (χ2n) is 5.67. The van der Waals surface area contributed by atoms with Crippen LogP contribution in [0.3, 0.4) is 0 Å². The first-order valence-corrected chi connectivity index (χ1v) is 8.62. The Bertz CT molecular complexity index is 735. The van der Waals surface area contributed by atoms with Gasteiger partial charge in [0.1, 0.15) is 11.2 Å². The van der Waals surface area contributed by atoms with E-state index in [0.717, 1.165) is 17.0 Å². The summed E-state index contributed by atoms with van der Waals surface area (Å²) in [5.41, 5.74) is 3.64. The topological polar surface area (TPSA) is 32.3 Å². The summed E-state index contributed by atoms with van der Waals surface area (Å²) >= 11 is 1.59. The first kappa shape index (κ1) is 15.9. The number of urea groups is 1. The molecule has 0 aromatic heterocycles. The van der Waals surface area contributed by atoms with Crippen LogP contribution in [-0.2, 0) is 0 Å². The molecule has 0 radical (unpaired) electrons. The molecule has 2 aromatic rings. The lowest BCUT2D eigenvalue weighted by atomic mass is 10.1. The molecule has 2 amide bonds. The van der Waals surface area contributed by atoms with Gasteiger partial charge in [-0.2, -0.15) is 0 Å². The number of halogens is 1. The summed E-state index contributed by atoms with van der Waals surface area (Å²) in [7, 11) is 0. The molecule has 3 rings (SSSR count). The van der Waals surface area contributed by atoms with Crippen molar-refractivity contribution in [1.82, 2.24) is 4.90 Å². The molecule has 1 atom stereocenters. The van der Waals surface area contributed by atoms with Gasteiger partial charge < -0.3 is 10.2 Å². The largest absolute Gasteiger partial charge is 0.323 e. The number of aryl methyl sites for hydroxylation is 2. The fourth-order valence-corrected chi connectivity index (χ4v) is 3.90. The number of anilines is 1. The van der Waals surface area contributed by atoms with Gasteiger partial charge in [0.25, 0.3) is 0 Å². The maximum Gasteiger partial charge on any atom is 0.323 e. The van der Waals surface area contributed by atoms with Crippen LogP contribution in [0.15, 0.2) is 42.5 Å². The molecule has 0 spiro atoms. The number of rotatable bonds is 2. The van der Waals surface area contributed by atoms with Gasteiger partial charge in [-0.3, -0.25) is 0 Å². The summed E-state index contributed by atoms with van der Waals surface area (Å²) in [6.45, 7) is 4.66. The highest BCUT2D eigenvalue weighted by Gasteiger charge is 2.32. The van der Waals surface area contributed by atoms with Gasteiger partial charge in [0.15, 0.2) is 0 Å². The average molecular weight is 330 g/mol. The van der Waals surface area contributed by atoms with Crippen LogP contribution in [0.5, 0.6) is 0 Å². The molecule has 23 heavy (non-hydrogen) atoms. The van der Waals surface area contributed by atoms with E-state index in [9.17, 15) is 9.18 Å². The summed E-state index contributed by atoms with van der Waals surface area (Å²) in [6.07, 6.45) is 0. The molecular weight excluding hydrogens is 311 g/mol. The van der Waals surface area contributed by atoms with E-state index < -0.39 is 0 Å². The fraction of sp³-hybridized carbons (Fsp3) is 0.278. The van der Waals surface area contributed by atoms with Gasteiger partial charge in [-0.1, -0.05) is 24.3 Å². The standard InChI is InChI=1S/C18H19FN2OS/c1-12-7-8-14(11-13(12)2)20-18(22)21-9-10-23-17(21)15-5-3-4-6-16(15)19/h3-8,11,17H,9-10H2,1-2H3,(H,20,22). The number of benzene rings is 2. The normalized spacial score (nSPS) is 17.3. The van der Waals surface area contributed by atoms with Gasteiger partial charge in [-0.25, -0.2) is 9.18 Å². The highest BCUT2D eigenvalue weighted by Crippen LogP contribution is 2.39. The molecular formula is C18H19FN2OS. The van der Waals surface area contributed by atoms with Gasteiger partial charge in [-0.15, -0.1) is 11.8 Å². The van der Waals surface area contributed by atoms with Gasteiger partial charge in [0, 0.05) is 23.5 Å². The zero-order chi connectivity index (χ0) is 16.4. The Morgan fingerprint density at radius 1 is 1.22 bits per heavy atom. The number of carbonyl (C=O) groups is 1. The van der Waals surface area contributed by atoms with E-state index in [2.05, 4.69) is 5.32 Å². The maximum absolute atomic E-state index is 14.0. The minimum Gasteiger partial charge on any atom is -0.308 e. The van der Waals surface area contributed by atoms with E-state index in [1.807, 2.05) is 32.0 Å². The van der Waals surface area contributed by atoms with Crippen molar-refractivity contribution in [3.63, 3.8) is 0 Å². The Morgan fingerprint density at radius 3 is 2.74 bits per heavy atom. The summed E-state index contributed by atoms with van der Waals surface area (Å²) in [5, 5.41) is 2.65. The van der Waals surface area contributed by atoms with Crippen LogP contribution < -0.4 is 5.32 Å². The maximum atomic E-state index is 14.0.